The maximum Gasteiger partial charge on any atom is 0.261 e. The topological polar surface area (TPSA) is 50.8 Å². The van der Waals surface area contributed by atoms with Gasteiger partial charge in [-0.15, -0.1) is 0 Å². The van der Waals surface area contributed by atoms with Crippen LogP contribution in [0.4, 0.5) is 0 Å². The predicted octanol–water partition coefficient (Wildman–Crippen LogP) is 3.65. The van der Waals surface area contributed by atoms with Gasteiger partial charge in [0.05, 0.1) is 13.2 Å². The third-order valence-corrected chi connectivity index (χ3v) is 5.01. The van der Waals surface area contributed by atoms with E-state index < -0.39 is 6.10 Å². The number of ether oxygens (including phenoxy) is 2. The lowest BCUT2D eigenvalue weighted by Gasteiger charge is -2.26. The Morgan fingerprint density at radius 3 is 2.39 bits per heavy atom. The van der Waals surface area contributed by atoms with Crippen molar-refractivity contribution in [3.63, 3.8) is 0 Å². The fourth-order valence-corrected chi connectivity index (χ4v) is 3.21. The van der Waals surface area contributed by atoms with Crippen molar-refractivity contribution in [1.29, 1.82) is 0 Å². The zero-order valence-corrected chi connectivity index (χ0v) is 17.0. The van der Waals surface area contributed by atoms with Crippen LogP contribution in [0.2, 0.25) is 5.02 Å². The highest BCUT2D eigenvalue weighted by atomic mass is 35.5. The third kappa shape index (κ3) is 6.23. The highest BCUT2D eigenvalue weighted by Crippen LogP contribution is 2.18. The lowest BCUT2D eigenvalue weighted by Crippen LogP contribution is -2.37. The molecule has 2 aromatic rings. The molecule has 1 aliphatic heterocycles. The Labute approximate surface area is 171 Å². The average Bonchev–Trinajstić information content (AvgIpc) is 2.73. The highest BCUT2D eigenvalue weighted by Gasteiger charge is 2.18. The van der Waals surface area contributed by atoms with Crippen LogP contribution in [0.5, 0.6) is 5.75 Å². The van der Waals surface area contributed by atoms with Gasteiger partial charge in [0.15, 0.2) is 6.10 Å². The molecule has 1 N–H and O–H groups in total. The quantitative estimate of drug-likeness (QED) is 0.732. The van der Waals surface area contributed by atoms with Crippen molar-refractivity contribution in [2.45, 2.75) is 32.5 Å². The summed E-state index contributed by atoms with van der Waals surface area (Å²) in [4.78, 5) is 14.9. The molecule has 3 rings (SSSR count). The largest absolute Gasteiger partial charge is 0.481 e. The predicted molar refractivity (Wildman–Crippen MR) is 111 cm³/mol. The zero-order chi connectivity index (χ0) is 19.8. The molecular weight excluding hydrogens is 376 g/mol. The van der Waals surface area contributed by atoms with Crippen molar-refractivity contribution in [3.05, 3.63) is 64.7 Å². The van der Waals surface area contributed by atoms with E-state index in [4.69, 9.17) is 21.1 Å². The number of carbonyl (C=O) groups is 1. The summed E-state index contributed by atoms with van der Waals surface area (Å²) >= 11 is 5.88. The van der Waals surface area contributed by atoms with Crippen LogP contribution in [0.3, 0.4) is 0 Å². The van der Waals surface area contributed by atoms with E-state index in [2.05, 4.69) is 34.5 Å². The Kier molecular flexibility index (Phi) is 7.71. The van der Waals surface area contributed by atoms with E-state index in [-0.39, 0.29) is 5.91 Å². The van der Waals surface area contributed by atoms with Crippen molar-refractivity contribution < 1.29 is 14.3 Å². The summed E-state index contributed by atoms with van der Waals surface area (Å²) in [7, 11) is 0. The normalized spacial score (nSPS) is 15.8. The summed E-state index contributed by atoms with van der Waals surface area (Å²) < 4.78 is 11.2. The minimum atomic E-state index is -0.526. The standard InChI is InChI=1S/C22H27ClN2O3/c1-2-21(28-20-9-7-19(23)8-10-20)22(26)24-15-17-3-5-18(6-4-17)16-25-11-13-27-14-12-25/h3-10,21H,2,11-16H2,1H3,(H,24,26). The number of rotatable bonds is 8. The molecule has 1 atom stereocenters. The molecule has 6 heteroatoms. The molecule has 1 heterocycles. The molecule has 0 aliphatic carbocycles. The maximum absolute atomic E-state index is 12.5. The van der Waals surface area contributed by atoms with Gasteiger partial charge in [-0.1, -0.05) is 42.8 Å². The first-order chi connectivity index (χ1) is 13.6. The van der Waals surface area contributed by atoms with Gasteiger partial charge in [0.25, 0.3) is 5.91 Å². The Balaban J connectivity index is 1.47. The molecule has 1 fully saturated rings. The monoisotopic (exact) mass is 402 g/mol. The van der Waals surface area contributed by atoms with E-state index in [1.165, 1.54) is 5.56 Å². The number of carbonyl (C=O) groups excluding carboxylic acids is 1. The van der Waals surface area contributed by atoms with E-state index in [0.717, 1.165) is 38.4 Å². The van der Waals surface area contributed by atoms with Gasteiger partial charge in [-0.2, -0.15) is 0 Å². The summed E-state index contributed by atoms with van der Waals surface area (Å²) in [6.07, 6.45) is 0.0641. The summed E-state index contributed by atoms with van der Waals surface area (Å²) in [5, 5.41) is 3.61. The number of morpholine rings is 1. The van der Waals surface area contributed by atoms with Gasteiger partial charge in [-0.05, 0) is 41.8 Å². The zero-order valence-electron chi connectivity index (χ0n) is 16.2. The number of nitrogens with zero attached hydrogens (tertiary/aromatic N) is 1. The highest BCUT2D eigenvalue weighted by molar-refractivity contribution is 6.30. The minimum Gasteiger partial charge on any atom is -0.481 e. The smallest absolute Gasteiger partial charge is 0.261 e. The molecule has 5 nitrogen and oxygen atoms in total. The lowest BCUT2D eigenvalue weighted by molar-refractivity contribution is -0.128. The molecular formula is C22H27ClN2O3. The molecule has 0 spiro atoms. The van der Waals surface area contributed by atoms with Crippen LogP contribution in [-0.2, 0) is 22.6 Å². The summed E-state index contributed by atoms with van der Waals surface area (Å²) in [5.74, 6) is 0.522. The van der Waals surface area contributed by atoms with Crippen LogP contribution in [0, 0.1) is 0 Å². The molecule has 1 amide bonds. The van der Waals surface area contributed by atoms with E-state index in [1.807, 2.05) is 6.92 Å². The Morgan fingerprint density at radius 1 is 1.11 bits per heavy atom. The average molecular weight is 403 g/mol. The fraction of sp³-hybridized carbons (Fsp3) is 0.409. The van der Waals surface area contributed by atoms with E-state index in [9.17, 15) is 4.79 Å². The second-order valence-corrected chi connectivity index (χ2v) is 7.33. The van der Waals surface area contributed by atoms with E-state index >= 15 is 0 Å². The van der Waals surface area contributed by atoms with Crippen molar-refractivity contribution in [3.8, 4) is 5.75 Å². The molecule has 0 bridgehead atoms. The van der Waals surface area contributed by atoms with Crippen LogP contribution in [-0.4, -0.2) is 43.2 Å². The molecule has 150 valence electrons. The number of hydrogen-bond acceptors (Lipinski definition) is 4. The first kappa shape index (κ1) is 20.6. The molecule has 1 saturated heterocycles. The Morgan fingerprint density at radius 2 is 1.75 bits per heavy atom. The van der Waals surface area contributed by atoms with Gasteiger partial charge in [0.1, 0.15) is 5.75 Å². The Hall–Kier alpha value is -2.08. The second-order valence-electron chi connectivity index (χ2n) is 6.89. The number of amides is 1. The molecule has 28 heavy (non-hydrogen) atoms. The van der Waals surface area contributed by atoms with Gasteiger partial charge in [0.2, 0.25) is 0 Å². The van der Waals surface area contributed by atoms with Crippen molar-refractivity contribution in [2.24, 2.45) is 0 Å². The van der Waals surface area contributed by atoms with Crippen LogP contribution in [0.15, 0.2) is 48.5 Å². The van der Waals surface area contributed by atoms with Crippen LogP contribution >= 0.6 is 11.6 Å². The third-order valence-electron chi connectivity index (χ3n) is 4.75. The van der Waals surface area contributed by atoms with Crippen molar-refractivity contribution in [2.75, 3.05) is 26.3 Å². The number of benzene rings is 2. The van der Waals surface area contributed by atoms with Crippen LogP contribution in [0.1, 0.15) is 24.5 Å². The number of nitrogens with one attached hydrogen (secondary N) is 1. The van der Waals surface area contributed by atoms with Gasteiger partial charge in [0, 0.05) is 31.2 Å². The molecule has 1 aliphatic rings. The van der Waals surface area contributed by atoms with Gasteiger partial charge < -0.3 is 14.8 Å². The second kappa shape index (κ2) is 10.5. The molecule has 0 radical (unpaired) electrons. The van der Waals surface area contributed by atoms with Gasteiger partial charge >= 0.3 is 0 Å². The molecule has 2 aromatic carbocycles. The van der Waals surface area contributed by atoms with Crippen LogP contribution in [0.25, 0.3) is 0 Å². The maximum atomic E-state index is 12.5. The SMILES string of the molecule is CCC(Oc1ccc(Cl)cc1)C(=O)NCc1ccc(CN2CCOCC2)cc1. The van der Waals surface area contributed by atoms with E-state index in [0.29, 0.717) is 23.7 Å². The molecule has 0 saturated carbocycles. The van der Waals surface area contributed by atoms with Crippen LogP contribution < -0.4 is 10.1 Å². The molecule has 1 unspecified atom stereocenters. The number of halogens is 1. The Bertz CT molecular complexity index is 743. The lowest BCUT2D eigenvalue weighted by atomic mass is 10.1. The minimum absolute atomic E-state index is 0.116. The van der Waals surface area contributed by atoms with Crippen molar-refractivity contribution >= 4 is 17.5 Å². The first-order valence-electron chi connectivity index (χ1n) is 9.72. The molecule has 0 aromatic heterocycles. The summed E-state index contributed by atoms with van der Waals surface area (Å²) in [5.41, 5.74) is 2.34. The fourth-order valence-electron chi connectivity index (χ4n) is 3.08. The summed E-state index contributed by atoms with van der Waals surface area (Å²) in [6.45, 7) is 6.91. The number of hydrogen-bond donors (Lipinski definition) is 1. The van der Waals surface area contributed by atoms with Gasteiger partial charge in [-0.25, -0.2) is 0 Å². The van der Waals surface area contributed by atoms with Crippen molar-refractivity contribution in [1.82, 2.24) is 10.2 Å². The van der Waals surface area contributed by atoms with Gasteiger partial charge in [-0.3, -0.25) is 9.69 Å². The first-order valence-corrected chi connectivity index (χ1v) is 10.1. The summed E-state index contributed by atoms with van der Waals surface area (Å²) in [6, 6.07) is 15.4. The van der Waals surface area contributed by atoms with E-state index in [1.54, 1.807) is 24.3 Å².